The lowest BCUT2D eigenvalue weighted by atomic mass is 9.91. The molecule has 2 fully saturated rings. The van der Waals surface area contributed by atoms with Crippen molar-refractivity contribution in [2.75, 3.05) is 6.54 Å². The minimum atomic E-state index is 0.321. The molecule has 0 aromatic carbocycles. The average Bonchev–Trinajstić information content (AvgIpc) is 2.69. The summed E-state index contributed by atoms with van der Waals surface area (Å²) in [4.78, 5) is 0. The van der Waals surface area contributed by atoms with Gasteiger partial charge in [-0.25, -0.2) is 0 Å². The molecule has 2 saturated carbocycles. The second-order valence-corrected chi connectivity index (χ2v) is 5.29. The largest absolute Gasteiger partial charge is 0.329 e. The van der Waals surface area contributed by atoms with Crippen LogP contribution in [0.25, 0.3) is 0 Å². The molecule has 2 heteroatoms. The molecule has 78 valence electrons. The molecule has 0 radical (unpaired) electrons. The molecule has 0 heterocycles. The number of rotatable bonds is 3. The number of fused-ring (bicyclic) bond motifs is 1. The van der Waals surface area contributed by atoms with Crippen LogP contribution in [-0.2, 0) is 0 Å². The first-order valence-electron chi connectivity index (χ1n) is 5.97. The Kier molecular flexibility index (Phi) is 1.96. The predicted octanol–water partition coefficient (Wildman–Crippen LogP) is 1.42. The van der Waals surface area contributed by atoms with Gasteiger partial charge in [-0.15, -0.1) is 0 Å². The zero-order valence-electron chi connectivity index (χ0n) is 8.71. The summed E-state index contributed by atoms with van der Waals surface area (Å²) in [6.07, 6.45) is 11.2. The first-order chi connectivity index (χ1) is 6.84. The molecule has 0 amide bonds. The molecule has 3 unspecified atom stereocenters. The summed E-state index contributed by atoms with van der Waals surface area (Å²) >= 11 is 0. The molecule has 0 aromatic heterocycles. The van der Waals surface area contributed by atoms with E-state index < -0.39 is 0 Å². The highest BCUT2D eigenvalue weighted by atomic mass is 15.1. The van der Waals surface area contributed by atoms with Gasteiger partial charge in [0.25, 0.3) is 0 Å². The Hall–Kier alpha value is -0.340. The molecule has 14 heavy (non-hydrogen) atoms. The van der Waals surface area contributed by atoms with Crippen molar-refractivity contribution >= 4 is 0 Å². The first kappa shape index (κ1) is 8.93. The Bertz CT molecular complexity index is 253. The third-order valence-electron chi connectivity index (χ3n) is 4.46. The molecular weight excluding hydrogens is 172 g/mol. The quantitative estimate of drug-likeness (QED) is 0.664. The van der Waals surface area contributed by atoms with Crippen molar-refractivity contribution < 1.29 is 0 Å². The van der Waals surface area contributed by atoms with Crippen molar-refractivity contribution in [3.8, 4) is 0 Å². The van der Waals surface area contributed by atoms with E-state index in [2.05, 4.69) is 17.5 Å². The standard InChI is InChI=1S/C12H20N2/c13-8-12(6-5-9-7-11(9)12)14-10-3-1-2-4-10/h1-2,9-11,14H,3-8,13H2. The molecule has 3 aliphatic carbocycles. The minimum absolute atomic E-state index is 0.321. The molecule has 3 aliphatic rings. The summed E-state index contributed by atoms with van der Waals surface area (Å²) in [6, 6.07) is 0.679. The van der Waals surface area contributed by atoms with Crippen molar-refractivity contribution in [3.05, 3.63) is 12.2 Å². The highest BCUT2D eigenvalue weighted by molar-refractivity contribution is 5.14. The Balaban J connectivity index is 1.68. The average molecular weight is 192 g/mol. The van der Waals surface area contributed by atoms with Crippen molar-refractivity contribution in [1.29, 1.82) is 0 Å². The van der Waals surface area contributed by atoms with E-state index in [1.54, 1.807) is 0 Å². The smallest absolute Gasteiger partial charge is 0.0337 e. The summed E-state index contributed by atoms with van der Waals surface area (Å²) in [5.41, 5.74) is 6.30. The molecule has 3 rings (SSSR count). The van der Waals surface area contributed by atoms with Crippen molar-refractivity contribution in [2.24, 2.45) is 17.6 Å². The van der Waals surface area contributed by atoms with Crippen molar-refractivity contribution in [1.82, 2.24) is 5.32 Å². The summed E-state index contributed by atoms with van der Waals surface area (Å²) in [7, 11) is 0. The van der Waals surface area contributed by atoms with Gasteiger partial charge in [-0.2, -0.15) is 0 Å². The summed E-state index contributed by atoms with van der Waals surface area (Å²) in [5.74, 6) is 1.92. The maximum absolute atomic E-state index is 5.98. The van der Waals surface area contributed by atoms with Gasteiger partial charge in [-0.3, -0.25) is 0 Å². The lowest BCUT2D eigenvalue weighted by molar-refractivity contribution is 0.266. The molecule has 0 spiro atoms. The number of hydrogen-bond donors (Lipinski definition) is 2. The zero-order chi connectivity index (χ0) is 9.60. The highest BCUT2D eigenvalue weighted by Gasteiger charge is 2.57. The third-order valence-corrected chi connectivity index (χ3v) is 4.46. The van der Waals surface area contributed by atoms with Crippen LogP contribution in [-0.4, -0.2) is 18.1 Å². The van der Waals surface area contributed by atoms with E-state index in [1.165, 1.54) is 32.1 Å². The van der Waals surface area contributed by atoms with Crippen LogP contribution in [0, 0.1) is 11.8 Å². The predicted molar refractivity (Wildman–Crippen MR) is 57.9 cm³/mol. The summed E-state index contributed by atoms with van der Waals surface area (Å²) in [6.45, 7) is 0.838. The van der Waals surface area contributed by atoms with E-state index in [4.69, 9.17) is 5.73 Å². The van der Waals surface area contributed by atoms with E-state index in [0.717, 1.165) is 18.4 Å². The van der Waals surface area contributed by atoms with E-state index in [9.17, 15) is 0 Å². The third kappa shape index (κ3) is 1.24. The Labute approximate surface area is 85.9 Å². The highest BCUT2D eigenvalue weighted by Crippen LogP contribution is 2.57. The van der Waals surface area contributed by atoms with Gasteiger partial charge in [-0.1, -0.05) is 12.2 Å². The normalized spacial score (nSPS) is 45.8. The van der Waals surface area contributed by atoms with Crippen LogP contribution in [0.4, 0.5) is 0 Å². The van der Waals surface area contributed by atoms with Crippen molar-refractivity contribution in [2.45, 2.75) is 43.7 Å². The van der Waals surface area contributed by atoms with Gasteiger partial charge in [-0.05, 0) is 43.9 Å². The lowest BCUT2D eigenvalue weighted by Gasteiger charge is -2.34. The number of hydrogen-bond acceptors (Lipinski definition) is 2. The van der Waals surface area contributed by atoms with Crippen LogP contribution in [0.3, 0.4) is 0 Å². The van der Waals surface area contributed by atoms with Crippen LogP contribution < -0.4 is 11.1 Å². The van der Waals surface area contributed by atoms with Gasteiger partial charge in [0.1, 0.15) is 0 Å². The minimum Gasteiger partial charge on any atom is -0.329 e. The molecular formula is C12H20N2. The van der Waals surface area contributed by atoms with Crippen LogP contribution in [0.5, 0.6) is 0 Å². The topological polar surface area (TPSA) is 38.0 Å². The van der Waals surface area contributed by atoms with Gasteiger partial charge in [0.05, 0.1) is 0 Å². The van der Waals surface area contributed by atoms with Crippen molar-refractivity contribution in [3.63, 3.8) is 0 Å². The van der Waals surface area contributed by atoms with Gasteiger partial charge in [0, 0.05) is 18.1 Å². The molecule has 0 saturated heterocycles. The number of nitrogens with one attached hydrogen (secondary N) is 1. The van der Waals surface area contributed by atoms with E-state index in [0.29, 0.717) is 11.6 Å². The lowest BCUT2D eigenvalue weighted by Crippen LogP contribution is -2.55. The maximum atomic E-state index is 5.98. The molecule has 0 aliphatic heterocycles. The fraction of sp³-hybridized carbons (Fsp3) is 0.833. The van der Waals surface area contributed by atoms with E-state index in [1.807, 2.05) is 0 Å². The molecule has 3 N–H and O–H groups in total. The number of nitrogens with two attached hydrogens (primary N) is 1. The fourth-order valence-corrected chi connectivity index (χ4v) is 3.50. The van der Waals surface area contributed by atoms with Crippen LogP contribution in [0.2, 0.25) is 0 Å². The van der Waals surface area contributed by atoms with Crippen LogP contribution in [0.1, 0.15) is 32.1 Å². The van der Waals surface area contributed by atoms with Crippen LogP contribution >= 0.6 is 0 Å². The van der Waals surface area contributed by atoms with Gasteiger partial charge in [0.2, 0.25) is 0 Å². The second-order valence-electron chi connectivity index (χ2n) is 5.29. The summed E-state index contributed by atoms with van der Waals surface area (Å²) < 4.78 is 0. The second kappa shape index (κ2) is 3.07. The Morgan fingerprint density at radius 3 is 2.64 bits per heavy atom. The zero-order valence-corrected chi connectivity index (χ0v) is 8.71. The van der Waals surface area contributed by atoms with E-state index >= 15 is 0 Å². The Morgan fingerprint density at radius 2 is 2.14 bits per heavy atom. The first-order valence-corrected chi connectivity index (χ1v) is 5.97. The van der Waals surface area contributed by atoms with Gasteiger partial charge in [0.15, 0.2) is 0 Å². The van der Waals surface area contributed by atoms with Gasteiger partial charge < -0.3 is 11.1 Å². The molecule has 0 bridgehead atoms. The van der Waals surface area contributed by atoms with Crippen LogP contribution in [0.15, 0.2) is 12.2 Å². The van der Waals surface area contributed by atoms with E-state index in [-0.39, 0.29) is 0 Å². The summed E-state index contributed by atoms with van der Waals surface area (Å²) in [5, 5.41) is 3.84. The molecule has 2 nitrogen and oxygen atoms in total. The Morgan fingerprint density at radius 1 is 1.36 bits per heavy atom. The maximum Gasteiger partial charge on any atom is 0.0337 e. The molecule has 3 atom stereocenters. The monoisotopic (exact) mass is 192 g/mol. The fourth-order valence-electron chi connectivity index (χ4n) is 3.50. The SMILES string of the molecule is NCC1(NC2CC=CC2)CCC2CC21. The molecule has 0 aromatic rings. The van der Waals surface area contributed by atoms with Gasteiger partial charge >= 0.3 is 0 Å².